The van der Waals surface area contributed by atoms with E-state index in [1.54, 1.807) is 12.4 Å². The molecule has 2 amide bonds. The molecule has 7 nitrogen and oxygen atoms in total. The van der Waals surface area contributed by atoms with Crippen LogP contribution in [0.4, 0.5) is 0 Å². The van der Waals surface area contributed by atoms with Gasteiger partial charge in [-0.1, -0.05) is 0 Å². The Morgan fingerprint density at radius 3 is 2.59 bits per heavy atom. The molecule has 0 radical (unpaired) electrons. The van der Waals surface area contributed by atoms with Crippen molar-refractivity contribution in [1.82, 2.24) is 20.6 Å². The predicted octanol–water partition coefficient (Wildman–Crippen LogP) is -1.52. The Kier molecular flexibility index (Phi) is 5.02. The van der Waals surface area contributed by atoms with E-state index in [-0.39, 0.29) is 31.4 Å². The summed E-state index contributed by atoms with van der Waals surface area (Å²) in [4.78, 5) is 30.2. The first-order valence-electron chi connectivity index (χ1n) is 5.13. The molecule has 0 unspecified atom stereocenters. The summed E-state index contributed by atoms with van der Waals surface area (Å²) < 4.78 is 0. The molecule has 0 aliphatic heterocycles. The van der Waals surface area contributed by atoms with Gasteiger partial charge in [0.25, 0.3) is 0 Å². The Morgan fingerprint density at radius 2 is 2.00 bits per heavy atom. The van der Waals surface area contributed by atoms with Crippen LogP contribution in [-0.2, 0) is 16.1 Å². The van der Waals surface area contributed by atoms with Crippen LogP contribution in [-0.4, -0.2) is 34.9 Å². The fourth-order valence-electron chi connectivity index (χ4n) is 1.01. The van der Waals surface area contributed by atoms with Gasteiger partial charge in [0.1, 0.15) is 0 Å². The van der Waals surface area contributed by atoms with E-state index in [4.69, 9.17) is 5.73 Å². The Hall–Kier alpha value is -2.02. The molecule has 1 aromatic rings. The van der Waals surface area contributed by atoms with Gasteiger partial charge in [0.05, 0.1) is 37.2 Å². The number of amides is 2. The van der Waals surface area contributed by atoms with E-state index in [2.05, 4.69) is 20.6 Å². The van der Waals surface area contributed by atoms with Gasteiger partial charge in [-0.15, -0.1) is 0 Å². The van der Waals surface area contributed by atoms with Crippen molar-refractivity contribution >= 4 is 11.8 Å². The first-order chi connectivity index (χ1) is 8.11. The highest BCUT2D eigenvalue weighted by Crippen LogP contribution is 1.92. The molecule has 0 saturated heterocycles. The third-order valence-corrected chi connectivity index (χ3v) is 1.93. The second-order valence-corrected chi connectivity index (χ2v) is 3.41. The third kappa shape index (κ3) is 5.03. The third-order valence-electron chi connectivity index (χ3n) is 1.93. The van der Waals surface area contributed by atoms with Crippen molar-refractivity contribution in [3.05, 3.63) is 23.8 Å². The van der Waals surface area contributed by atoms with Gasteiger partial charge in [-0.2, -0.15) is 0 Å². The summed E-state index contributed by atoms with van der Waals surface area (Å²) in [7, 11) is 0. The van der Waals surface area contributed by atoms with Crippen molar-refractivity contribution in [2.45, 2.75) is 13.5 Å². The zero-order chi connectivity index (χ0) is 12.7. The van der Waals surface area contributed by atoms with Crippen LogP contribution in [0.15, 0.2) is 12.4 Å². The molecule has 0 aromatic carbocycles. The van der Waals surface area contributed by atoms with Gasteiger partial charge in [-0.3, -0.25) is 19.6 Å². The fourth-order valence-corrected chi connectivity index (χ4v) is 1.01. The zero-order valence-electron chi connectivity index (χ0n) is 9.56. The van der Waals surface area contributed by atoms with Crippen LogP contribution < -0.4 is 16.4 Å². The largest absolute Gasteiger partial charge is 0.349 e. The Morgan fingerprint density at radius 1 is 1.24 bits per heavy atom. The van der Waals surface area contributed by atoms with E-state index in [1.165, 1.54) is 0 Å². The number of rotatable bonds is 5. The molecule has 17 heavy (non-hydrogen) atoms. The van der Waals surface area contributed by atoms with Crippen LogP contribution in [0.1, 0.15) is 11.4 Å². The summed E-state index contributed by atoms with van der Waals surface area (Å²) in [5, 5.41) is 4.97. The minimum atomic E-state index is -0.365. The first-order valence-corrected chi connectivity index (χ1v) is 5.13. The standard InChI is InChI=1S/C10H15N5O2/c1-7-3-13-8(4-12-7)5-14-10(17)6-15-9(16)2-11/h3-4H,2,5-6,11H2,1H3,(H,14,17)(H,15,16). The average molecular weight is 237 g/mol. The molecule has 0 aliphatic rings. The summed E-state index contributed by atoms with van der Waals surface area (Å²) in [5.74, 6) is -0.663. The number of nitrogens with one attached hydrogen (secondary N) is 2. The number of aryl methyl sites for hydroxylation is 1. The van der Waals surface area contributed by atoms with Gasteiger partial charge in [0, 0.05) is 6.20 Å². The summed E-state index contributed by atoms with van der Waals surface area (Å²) in [6, 6.07) is 0. The number of carbonyl (C=O) groups excluding carboxylic acids is 2. The Labute approximate surface area is 98.8 Å². The van der Waals surface area contributed by atoms with Gasteiger partial charge in [0.15, 0.2) is 0 Å². The van der Waals surface area contributed by atoms with Gasteiger partial charge in [-0.25, -0.2) is 0 Å². The molecule has 1 aromatic heterocycles. The van der Waals surface area contributed by atoms with Crippen LogP contribution >= 0.6 is 0 Å². The fraction of sp³-hybridized carbons (Fsp3) is 0.400. The van der Waals surface area contributed by atoms with Crippen LogP contribution in [0.2, 0.25) is 0 Å². The number of aromatic nitrogens is 2. The number of nitrogens with zero attached hydrogens (tertiary/aromatic N) is 2. The van der Waals surface area contributed by atoms with Crippen LogP contribution in [0.25, 0.3) is 0 Å². The summed E-state index contributed by atoms with van der Waals surface area (Å²) in [6.07, 6.45) is 3.21. The highest BCUT2D eigenvalue weighted by molar-refractivity contribution is 5.85. The lowest BCUT2D eigenvalue weighted by molar-refractivity contribution is -0.125. The summed E-state index contributed by atoms with van der Waals surface area (Å²) in [6.45, 7) is 1.90. The minimum Gasteiger partial charge on any atom is -0.349 e. The number of hydrogen-bond acceptors (Lipinski definition) is 5. The molecule has 7 heteroatoms. The monoisotopic (exact) mass is 237 g/mol. The van der Waals surface area contributed by atoms with E-state index in [9.17, 15) is 9.59 Å². The lowest BCUT2D eigenvalue weighted by Gasteiger charge is -2.05. The van der Waals surface area contributed by atoms with Gasteiger partial charge >= 0.3 is 0 Å². The van der Waals surface area contributed by atoms with E-state index < -0.39 is 0 Å². The van der Waals surface area contributed by atoms with Crippen molar-refractivity contribution in [3.63, 3.8) is 0 Å². The lowest BCUT2D eigenvalue weighted by atomic mass is 10.4. The maximum Gasteiger partial charge on any atom is 0.239 e. The predicted molar refractivity (Wildman–Crippen MR) is 60.7 cm³/mol. The van der Waals surface area contributed by atoms with Crippen molar-refractivity contribution in [1.29, 1.82) is 0 Å². The minimum absolute atomic E-state index is 0.0880. The summed E-state index contributed by atoms with van der Waals surface area (Å²) >= 11 is 0. The lowest BCUT2D eigenvalue weighted by Crippen LogP contribution is -2.39. The first kappa shape index (κ1) is 13.0. The van der Waals surface area contributed by atoms with E-state index in [0.29, 0.717) is 5.69 Å². The quantitative estimate of drug-likeness (QED) is 0.576. The van der Waals surface area contributed by atoms with Crippen LogP contribution in [0.5, 0.6) is 0 Å². The van der Waals surface area contributed by atoms with Crippen LogP contribution in [0.3, 0.4) is 0 Å². The highest BCUT2D eigenvalue weighted by Gasteiger charge is 2.04. The maximum absolute atomic E-state index is 11.3. The molecule has 0 atom stereocenters. The van der Waals surface area contributed by atoms with Crippen molar-refractivity contribution in [2.75, 3.05) is 13.1 Å². The molecule has 0 bridgehead atoms. The number of nitrogens with two attached hydrogens (primary N) is 1. The smallest absolute Gasteiger partial charge is 0.239 e. The van der Waals surface area contributed by atoms with Gasteiger partial charge in [-0.05, 0) is 6.92 Å². The van der Waals surface area contributed by atoms with Gasteiger partial charge < -0.3 is 16.4 Å². The van der Waals surface area contributed by atoms with Gasteiger partial charge in [0.2, 0.25) is 11.8 Å². The number of carbonyl (C=O) groups is 2. The molecule has 0 aliphatic carbocycles. The Bertz CT molecular complexity index is 390. The molecular weight excluding hydrogens is 222 g/mol. The van der Waals surface area contributed by atoms with E-state index >= 15 is 0 Å². The van der Waals surface area contributed by atoms with Crippen molar-refractivity contribution in [2.24, 2.45) is 5.73 Å². The molecule has 4 N–H and O–H groups in total. The molecular formula is C10H15N5O2. The normalized spacial score (nSPS) is 9.76. The maximum atomic E-state index is 11.3. The topological polar surface area (TPSA) is 110 Å². The molecule has 0 saturated carbocycles. The second kappa shape index (κ2) is 6.54. The molecule has 1 heterocycles. The van der Waals surface area contributed by atoms with Crippen LogP contribution in [0, 0.1) is 6.92 Å². The SMILES string of the molecule is Cc1cnc(CNC(=O)CNC(=O)CN)cn1. The average Bonchev–Trinajstić information content (AvgIpc) is 2.35. The Balaban J connectivity index is 2.28. The van der Waals surface area contributed by atoms with Crippen molar-refractivity contribution in [3.8, 4) is 0 Å². The molecule has 0 fully saturated rings. The van der Waals surface area contributed by atoms with E-state index in [0.717, 1.165) is 5.69 Å². The highest BCUT2D eigenvalue weighted by atomic mass is 16.2. The number of hydrogen-bond donors (Lipinski definition) is 3. The van der Waals surface area contributed by atoms with E-state index in [1.807, 2.05) is 6.92 Å². The molecule has 92 valence electrons. The van der Waals surface area contributed by atoms with Crippen molar-refractivity contribution < 1.29 is 9.59 Å². The second-order valence-electron chi connectivity index (χ2n) is 3.41. The molecule has 1 rings (SSSR count). The zero-order valence-corrected chi connectivity index (χ0v) is 9.56. The molecule has 0 spiro atoms. The summed E-state index contributed by atoms with van der Waals surface area (Å²) in [5.41, 5.74) is 6.55.